The molecule has 0 aliphatic rings. The number of aryl methyl sites for hydroxylation is 1. The van der Waals surface area contributed by atoms with Gasteiger partial charge in [0, 0.05) is 0 Å². The van der Waals surface area contributed by atoms with E-state index in [4.69, 9.17) is 5.11 Å². The molecular formula is C22H36O2. The van der Waals surface area contributed by atoms with Crippen LogP contribution in [0.5, 0.6) is 0 Å². The molecule has 2 heteroatoms. The summed E-state index contributed by atoms with van der Waals surface area (Å²) in [5, 5.41) is 9.10. The topological polar surface area (TPSA) is 37.3 Å². The number of carbonyl (C=O) groups is 1. The molecule has 1 aromatic carbocycles. The molecule has 0 saturated heterocycles. The minimum absolute atomic E-state index is 0.418. The standard InChI is InChI=1S/C22H36O2/c1-16(2)8-6-9-17(3)10-7-11-18(4)14-20-12-13-21(22(23)24)19(5)15-20/h12-13,15-18H,6-11,14H2,1-5H3,(H,23,24). The zero-order chi connectivity index (χ0) is 18.1. The van der Waals surface area contributed by atoms with Crippen molar-refractivity contribution in [3.8, 4) is 0 Å². The highest BCUT2D eigenvalue weighted by molar-refractivity contribution is 5.89. The van der Waals surface area contributed by atoms with Gasteiger partial charge in [0.05, 0.1) is 5.56 Å². The van der Waals surface area contributed by atoms with Gasteiger partial charge in [-0.3, -0.25) is 0 Å². The van der Waals surface area contributed by atoms with Gasteiger partial charge in [-0.05, 0) is 48.3 Å². The Labute approximate surface area is 148 Å². The summed E-state index contributed by atoms with van der Waals surface area (Å²) in [5.74, 6) is 1.49. The van der Waals surface area contributed by atoms with Gasteiger partial charge >= 0.3 is 5.97 Å². The van der Waals surface area contributed by atoms with E-state index >= 15 is 0 Å². The van der Waals surface area contributed by atoms with Gasteiger partial charge in [-0.1, -0.05) is 78.4 Å². The van der Waals surface area contributed by atoms with E-state index in [2.05, 4.69) is 27.7 Å². The quantitative estimate of drug-likeness (QED) is 0.502. The van der Waals surface area contributed by atoms with Crippen molar-refractivity contribution < 1.29 is 9.90 Å². The van der Waals surface area contributed by atoms with Gasteiger partial charge in [0.2, 0.25) is 0 Å². The Morgan fingerprint density at radius 1 is 0.958 bits per heavy atom. The van der Waals surface area contributed by atoms with E-state index in [0.717, 1.165) is 23.8 Å². The van der Waals surface area contributed by atoms with Gasteiger partial charge in [0.1, 0.15) is 0 Å². The molecule has 0 bridgehead atoms. The lowest BCUT2D eigenvalue weighted by atomic mass is 9.90. The van der Waals surface area contributed by atoms with Crippen molar-refractivity contribution >= 4 is 5.97 Å². The van der Waals surface area contributed by atoms with E-state index in [0.29, 0.717) is 11.5 Å². The number of rotatable bonds is 11. The molecule has 2 nitrogen and oxygen atoms in total. The summed E-state index contributed by atoms with van der Waals surface area (Å²) >= 11 is 0. The zero-order valence-electron chi connectivity index (χ0n) is 16.3. The van der Waals surface area contributed by atoms with Crippen molar-refractivity contribution in [1.82, 2.24) is 0 Å². The summed E-state index contributed by atoms with van der Waals surface area (Å²) in [6, 6.07) is 5.76. The number of hydrogen-bond acceptors (Lipinski definition) is 1. The third kappa shape index (κ3) is 7.99. The molecule has 136 valence electrons. The van der Waals surface area contributed by atoms with Crippen LogP contribution in [0.4, 0.5) is 0 Å². The van der Waals surface area contributed by atoms with Crippen molar-refractivity contribution in [1.29, 1.82) is 0 Å². The minimum atomic E-state index is -0.835. The predicted octanol–water partition coefficient (Wildman–Crippen LogP) is 6.50. The molecule has 0 aliphatic heterocycles. The molecule has 2 atom stereocenters. The van der Waals surface area contributed by atoms with Crippen LogP contribution in [0, 0.1) is 24.7 Å². The normalized spacial score (nSPS) is 13.9. The van der Waals surface area contributed by atoms with E-state index in [-0.39, 0.29) is 0 Å². The van der Waals surface area contributed by atoms with Crippen LogP contribution >= 0.6 is 0 Å². The van der Waals surface area contributed by atoms with Crippen molar-refractivity contribution in [3.63, 3.8) is 0 Å². The maximum Gasteiger partial charge on any atom is 0.335 e. The van der Waals surface area contributed by atoms with E-state index < -0.39 is 5.97 Å². The molecule has 0 fully saturated rings. The summed E-state index contributed by atoms with van der Waals surface area (Å²) in [6.07, 6.45) is 9.02. The summed E-state index contributed by atoms with van der Waals surface area (Å²) in [6.45, 7) is 11.2. The van der Waals surface area contributed by atoms with Crippen LogP contribution in [0.15, 0.2) is 18.2 Å². The predicted molar refractivity (Wildman–Crippen MR) is 103 cm³/mol. The second-order valence-corrected chi connectivity index (χ2v) is 8.12. The molecule has 2 unspecified atom stereocenters. The third-order valence-corrected chi connectivity index (χ3v) is 4.98. The Balaban J connectivity index is 2.30. The van der Waals surface area contributed by atoms with Crippen molar-refractivity contribution in [2.24, 2.45) is 17.8 Å². The molecular weight excluding hydrogens is 296 g/mol. The molecule has 0 aromatic heterocycles. The van der Waals surface area contributed by atoms with Crippen molar-refractivity contribution in [2.75, 3.05) is 0 Å². The second-order valence-electron chi connectivity index (χ2n) is 8.12. The highest BCUT2D eigenvalue weighted by Crippen LogP contribution is 2.21. The van der Waals surface area contributed by atoms with Gasteiger partial charge < -0.3 is 5.11 Å². The van der Waals surface area contributed by atoms with Crippen LogP contribution in [-0.4, -0.2) is 11.1 Å². The highest BCUT2D eigenvalue weighted by Gasteiger charge is 2.10. The van der Waals surface area contributed by atoms with Crippen LogP contribution in [0.3, 0.4) is 0 Å². The SMILES string of the molecule is Cc1cc(CC(C)CCCC(C)CCCC(C)C)ccc1C(=O)O. The lowest BCUT2D eigenvalue weighted by Gasteiger charge is -2.15. The summed E-state index contributed by atoms with van der Waals surface area (Å²) < 4.78 is 0. The molecule has 0 spiro atoms. The minimum Gasteiger partial charge on any atom is -0.478 e. The number of hydrogen-bond donors (Lipinski definition) is 1. The first-order valence-electron chi connectivity index (χ1n) is 9.62. The average Bonchev–Trinajstić information content (AvgIpc) is 2.46. The van der Waals surface area contributed by atoms with Gasteiger partial charge in [-0.15, -0.1) is 0 Å². The Kier molecular flexibility index (Phi) is 9.10. The molecule has 0 amide bonds. The van der Waals surface area contributed by atoms with Crippen LogP contribution in [0.25, 0.3) is 0 Å². The van der Waals surface area contributed by atoms with Gasteiger partial charge in [0.15, 0.2) is 0 Å². The van der Waals surface area contributed by atoms with E-state index in [1.165, 1.54) is 44.1 Å². The van der Waals surface area contributed by atoms with E-state index in [9.17, 15) is 4.79 Å². The summed E-state index contributed by atoms with van der Waals surface area (Å²) in [4.78, 5) is 11.1. The molecule has 1 aromatic rings. The lowest BCUT2D eigenvalue weighted by molar-refractivity contribution is 0.0696. The molecule has 0 saturated carbocycles. The molecule has 0 radical (unpaired) electrons. The van der Waals surface area contributed by atoms with E-state index in [1.807, 2.05) is 19.1 Å². The Morgan fingerprint density at radius 3 is 2.08 bits per heavy atom. The van der Waals surface area contributed by atoms with Crippen LogP contribution < -0.4 is 0 Å². The Morgan fingerprint density at radius 2 is 1.54 bits per heavy atom. The van der Waals surface area contributed by atoms with Crippen LogP contribution in [-0.2, 0) is 6.42 Å². The van der Waals surface area contributed by atoms with Gasteiger partial charge in [-0.2, -0.15) is 0 Å². The molecule has 1 N–H and O–H groups in total. The van der Waals surface area contributed by atoms with Crippen LogP contribution in [0.2, 0.25) is 0 Å². The van der Waals surface area contributed by atoms with Crippen molar-refractivity contribution in [2.45, 2.75) is 79.6 Å². The third-order valence-electron chi connectivity index (χ3n) is 4.98. The van der Waals surface area contributed by atoms with E-state index in [1.54, 1.807) is 6.07 Å². The fourth-order valence-electron chi connectivity index (χ4n) is 3.43. The first kappa shape index (κ1) is 20.7. The smallest absolute Gasteiger partial charge is 0.335 e. The molecule has 24 heavy (non-hydrogen) atoms. The zero-order valence-corrected chi connectivity index (χ0v) is 16.3. The van der Waals surface area contributed by atoms with Gasteiger partial charge in [-0.25, -0.2) is 4.79 Å². The largest absolute Gasteiger partial charge is 0.478 e. The molecule has 1 rings (SSSR count). The maximum absolute atomic E-state index is 11.1. The Hall–Kier alpha value is -1.31. The maximum atomic E-state index is 11.1. The summed E-state index contributed by atoms with van der Waals surface area (Å²) in [7, 11) is 0. The number of benzene rings is 1. The van der Waals surface area contributed by atoms with Crippen molar-refractivity contribution in [3.05, 3.63) is 34.9 Å². The number of carboxylic acids is 1. The monoisotopic (exact) mass is 332 g/mol. The lowest BCUT2D eigenvalue weighted by Crippen LogP contribution is -2.04. The number of carboxylic acid groups (broad SMARTS) is 1. The molecule has 0 aliphatic carbocycles. The summed E-state index contributed by atoms with van der Waals surface area (Å²) in [5.41, 5.74) is 2.54. The Bertz CT molecular complexity index is 505. The highest BCUT2D eigenvalue weighted by atomic mass is 16.4. The van der Waals surface area contributed by atoms with Crippen LogP contribution in [0.1, 0.15) is 87.7 Å². The number of aromatic carboxylic acids is 1. The fourth-order valence-corrected chi connectivity index (χ4v) is 3.43. The first-order chi connectivity index (χ1) is 11.3. The first-order valence-corrected chi connectivity index (χ1v) is 9.62. The average molecular weight is 333 g/mol. The molecule has 0 heterocycles. The fraction of sp³-hybridized carbons (Fsp3) is 0.682. The second kappa shape index (κ2) is 10.5. The van der Waals surface area contributed by atoms with Gasteiger partial charge in [0.25, 0.3) is 0 Å².